The van der Waals surface area contributed by atoms with Crippen molar-refractivity contribution >= 4 is 11.7 Å². The second-order valence-corrected chi connectivity index (χ2v) is 9.44. The van der Waals surface area contributed by atoms with E-state index < -0.39 is 0 Å². The van der Waals surface area contributed by atoms with Crippen molar-refractivity contribution in [3.8, 4) is 0 Å². The molecule has 0 spiro atoms. The van der Waals surface area contributed by atoms with Gasteiger partial charge in [0, 0.05) is 45.0 Å². The van der Waals surface area contributed by atoms with E-state index in [4.69, 9.17) is 9.72 Å². The van der Waals surface area contributed by atoms with Gasteiger partial charge in [0.2, 0.25) is 5.91 Å². The number of ether oxygens (including phenoxy) is 1. The lowest BCUT2D eigenvalue weighted by atomic mass is 9.90. The van der Waals surface area contributed by atoms with E-state index in [0.717, 1.165) is 75.7 Å². The minimum absolute atomic E-state index is 0.0754. The van der Waals surface area contributed by atoms with Gasteiger partial charge >= 0.3 is 0 Å². The summed E-state index contributed by atoms with van der Waals surface area (Å²) in [5.41, 5.74) is 3.29. The van der Waals surface area contributed by atoms with Gasteiger partial charge < -0.3 is 15.0 Å². The molecule has 0 unspecified atom stereocenters. The van der Waals surface area contributed by atoms with E-state index in [1.807, 2.05) is 66.9 Å². The molecule has 2 saturated heterocycles. The van der Waals surface area contributed by atoms with E-state index in [1.54, 1.807) is 0 Å². The average Bonchev–Trinajstić information content (AvgIpc) is 2.92. The Bertz CT molecular complexity index is 1020. The molecule has 1 amide bonds. The number of nitrogens with one attached hydrogen (secondary N) is 1. The average molecular weight is 471 g/mol. The number of morpholine rings is 1. The van der Waals surface area contributed by atoms with Crippen LogP contribution in [0.4, 0.5) is 5.82 Å². The summed E-state index contributed by atoms with van der Waals surface area (Å²) in [6.45, 7) is 6.30. The van der Waals surface area contributed by atoms with E-state index in [9.17, 15) is 4.79 Å². The first-order valence-corrected chi connectivity index (χ1v) is 12.7. The Morgan fingerprint density at radius 1 is 0.886 bits per heavy atom. The van der Waals surface area contributed by atoms with Crippen LogP contribution >= 0.6 is 0 Å². The fraction of sp³-hybridized carbons (Fsp3) is 0.379. The molecule has 0 atom stereocenters. The van der Waals surface area contributed by atoms with Gasteiger partial charge in [-0.3, -0.25) is 9.69 Å². The van der Waals surface area contributed by atoms with Gasteiger partial charge in [-0.25, -0.2) is 4.98 Å². The molecule has 182 valence electrons. The molecule has 2 aliphatic heterocycles. The zero-order valence-corrected chi connectivity index (χ0v) is 20.2. The smallest absolute Gasteiger partial charge is 0.232 e. The fourth-order valence-corrected chi connectivity index (χ4v) is 5.04. The molecule has 0 aliphatic carbocycles. The first-order valence-electron chi connectivity index (χ1n) is 12.7. The number of hydrogen-bond donors (Lipinski definition) is 1. The maximum atomic E-state index is 13.4. The summed E-state index contributed by atoms with van der Waals surface area (Å²) < 4.78 is 5.44. The highest BCUT2D eigenvalue weighted by atomic mass is 16.5. The lowest BCUT2D eigenvalue weighted by Gasteiger charge is -2.34. The molecular formula is C29H34N4O2. The van der Waals surface area contributed by atoms with Crippen molar-refractivity contribution in [2.45, 2.75) is 31.3 Å². The predicted molar refractivity (Wildman–Crippen MR) is 138 cm³/mol. The van der Waals surface area contributed by atoms with E-state index in [0.29, 0.717) is 0 Å². The molecule has 5 rings (SSSR count). The van der Waals surface area contributed by atoms with Crippen LogP contribution in [0.1, 0.15) is 35.4 Å². The molecule has 0 bridgehead atoms. The van der Waals surface area contributed by atoms with E-state index >= 15 is 0 Å². The molecule has 3 heterocycles. The van der Waals surface area contributed by atoms with E-state index in [-0.39, 0.29) is 17.9 Å². The molecule has 6 nitrogen and oxygen atoms in total. The lowest BCUT2D eigenvalue weighted by Crippen LogP contribution is -2.46. The van der Waals surface area contributed by atoms with Crippen LogP contribution < -0.4 is 10.2 Å². The molecule has 35 heavy (non-hydrogen) atoms. The second-order valence-electron chi connectivity index (χ2n) is 9.44. The molecule has 1 aromatic heterocycles. The zero-order chi connectivity index (χ0) is 23.9. The number of nitrogens with zero attached hydrogens (tertiary/aromatic N) is 3. The number of rotatable bonds is 7. The van der Waals surface area contributed by atoms with Gasteiger partial charge in [-0.05, 0) is 35.6 Å². The molecule has 1 N–H and O–H groups in total. The maximum absolute atomic E-state index is 13.4. The van der Waals surface area contributed by atoms with Crippen molar-refractivity contribution in [2.24, 2.45) is 0 Å². The van der Waals surface area contributed by atoms with Crippen LogP contribution in [0.15, 0.2) is 79.0 Å². The highest BCUT2D eigenvalue weighted by molar-refractivity contribution is 5.87. The summed E-state index contributed by atoms with van der Waals surface area (Å²) in [6, 6.07) is 24.6. The molecule has 2 aromatic carbocycles. The molecule has 0 radical (unpaired) electrons. The number of hydrogen-bond acceptors (Lipinski definition) is 5. The summed E-state index contributed by atoms with van der Waals surface area (Å²) in [5.74, 6) is 0.800. The number of carbonyl (C=O) groups excluding carboxylic acids is 1. The van der Waals surface area contributed by atoms with Gasteiger partial charge in [0.15, 0.2) is 0 Å². The molecule has 2 fully saturated rings. The van der Waals surface area contributed by atoms with Crippen molar-refractivity contribution in [1.82, 2.24) is 15.2 Å². The van der Waals surface area contributed by atoms with Crippen LogP contribution in [0.2, 0.25) is 0 Å². The van der Waals surface area contributed by atoms with Gasteiger partial charge in [0.1, 0.15) is 5.82 Å². The Kier molecular flexibility index (Phi) is 7.71. The van der Waals surface area contributed by atoms with Gasteiger partial charge in [0.05, 0.1) is 19.1 Å². The maximum Gasteiger partial charge on any atom is 0.232 e. The summed E-state index contributed by atoms with van der Waals surface area (Å²) in [5, 5.41) is 3.34. The minimum atomic E-state index is -0.295. The summed E-state index contributed by atoms with van der Waals surface area (Å²) in [7, 11) is 0. The summed E-state index contributed by atoms with van der Waals surface area (Å²) in [4.78, 5) is 22.9. The highest BCUT2D eigenvalue weighted by Crippen LogP contribution is 2.26. The van der Waals surface area contributed by atoms with Crippen LogP contribution in [0.3, 0.4) is 0 Å². The van der Waals surface area contributed by atoms with Crippen molar-refractivity contribution in [3.63, 3.8) is 0 Å². The first kappa shape index (κ1) is 23.5. The minimum Gasteiger partial charge on any atom is -0.379 e. The van der Waals surface area contributed by atoms with Crippen LogP contribution in [0, 0.1) is 0 Å². The Morgan fingerprint density at radius 2 is 1.51 bits per heavy atom. The Morgan fingerprint density at radius 3 is 2.09 bits per heavy atom. The van der Waals surface area contributed by atoms with Crippen molar-refractivity contribution in [3.05, 3.63) is 95.7 Å². The van der Waals surface area contributed by atoms with E-state index in [2.05, 4.69) is 27.2 Å². The van der Waals surface area contributed by atoms with Gasteiger partial charge in [-0.15, -0.1) is 0 Å². The SMILES string of the molecule is O=C(NC1CCN(c2ccc(CN3CCOCC3)cn2)CC1)C(c1ccccc1)c1ccccc1. The summed E-state index contributed by atoms with van der Waals surface area (Å²) >= 11 is 0. The number of piperidine rings is 1. The molecule has 6 heteroatoms. The number of benzene rings is 2. The van der Waals surface area contributed by atoms with Crippen molar-refractivity contribution in [2.75, 3.05) is 44.3 Å². The quantitative estimate of drug-likeness (QED) is 0.569. The first-order chi connectivity index (χ1) is 17.3. The lowest BCUT2D eigenvalue weighted by molar-refractivity contribution is -0.122. The van der Waals surface area contributed by atoms with Gasteiger partial charge in [0.25, 0.3) is 0 Å². The fourth-order valence-electron chi connectivity index (χ4n) is 5.04. The number of pyridine rings is 1. The third-order valence-corrected chi connectivity index (χ3v) is 7.01. The number of anilines is 1. The number of aromatic nitrogens is 1. The molecule has 0 saturated carbocycles. The number of carbonyl (C=O) groups is 1. The third-order valence-electron chi connectivity index (χ3n) is 7.01. The van der Waals surface area contributed by atoms with Crippen LogP contribution in [0.25, 0.3) is 0 Å². The summed E-state index contributed by atoms with van der Waals surface area (Å²) in [6.07, 6.45) is 3.83. The standard InChI is InChI=1S/C29H34N4O2/c34-29(28(24-7-3-1-4-8-24)25-9-5-2-6-10-25)31-26-13-15-33(16-14-26)27-12-11-23(21-30-27)22-32-17-19-35-20-18-32/h1-12,21,26,28H,13-20,22H2,(H,31,34). The van der Waals surface area contributed by atoms with Crippen LogP contribution in [-0.2, 0) is 16.1 Å². The van der Waals surface area contributed by atoms with Crippen LogP contribution in [-0.4, -0.2) is 61.2 Å². The predicted octanol–water partition coefficient (Wildman–Crippen LogP) is 3.83. The molecule has 2 aliphatic rings. The Balaban J connectivity index is 1.17. The largest absolute Gasteiger partial charge is 0.379 e. The second kappa shape index (κ2) is 11.5. The zero-order valence-electron chi connectivity index (χ0n) is 20.2. The van der Waals surface area contributed by atoms with E-state index in [1.165, 1.54) is 5.56 Å². The molecular weight excluding hydrogens is 436 g/mol. The highest BCUT2D eigenvalue weighted by Gasteiger charge is 2.27. The Hall–Kier alpha value is -3.22. The topological polar surface area (TPSA) is 57.7 Å². The van der Waals surface area contributed by atoms with Crippen LogP contribution in [0.5, 0.6) is 0 Å². The normalized spacial score (nSPS) is 17.5. The van der Waals surface area contributed by atoms with Crippen molar-refractivity contribution < 1.29 is 9.53 Å². The third kappa shape index (κ3) is 6.08. The Labute approximate surface area is 207 Å². The monoisotopic (exact) mass is 470 g/mol. The van der Waals surface area contributed by atoms with Gasteiger partial charge in [-0.2, -0.15) is 0 Å². The van der Waals surface area contributed by atoms with Gasteiger partial charge in [-0.1, -0.05) is 66.7 Å². The molecule has 3 aromatic rings. The van der Waals surface area contributed by atoms with Crippen molar-refractivity contribution in [1.29, 1.82) is 0 Å². The number of amides is 1.